The highest BCUT2D eigenvalue weighted by Gasteiger charge is 2.33. The SMILES string of the molecule is Cc1ccc2c(c1)S(=O)(=O)N=C(NCC1(F)CCNCC1)N2.Cl. The van der Waals surface area contributed by atoms with Gasteiger partial charge in [0.1, 0.15) is 10.6 Å². The lowest BCUT2D eigenvalue weighted by Crippen LogP contribution is -2.48. The molecule has 0 bridgehead atoms. The van der Waals surface area contributed by atoms with Crippen LogP contribution in [0.25, 0.3) is 0 Å². The molecule has 6 nitrogen and oxygen atoms in total. The van der Waals surface area contributed by atoms with Crippen LogP contribution in [0.4, 0.5) is 10.1 Å². The van der Waals surface area contributed by atoms with Crippen LogP contribution >= 0.6 is 12.4 Å². The lowest BCUT2D eigenvalue weighted by Gasteiger charge is -2.31. The van der Waals surface area contributed by atoms with Gasteiger partial charge in [-0.2, -0.15) is 8.42 Å². The van der Waals surface area contributed by atoms with E-state index in [1.807, 2.05) is 13.0 Å². The quantitative estimate of drug-likeness (QED) is 0.744. The molecule has 1 fully saturated rings. The maximum absolute atomic E-state index is 14.5. The van der Waals surface area contributed by atoms with Crippen LogP contribution in [0.1, 0.15) is 18.4 Å². The number of benzene rings is 1. The van der Waals surface area contributed by atoms with Crippen molar-refractivity contribution >= 4 is 34.1 Å². The number of guanidine groups is 1. The first-order valence-electron chi connectivity index (χ1n) is 7.24. The van der Waals surface area contributed by atoms with Crippen LogP contribution < -0.4 is 16.0 Å². The molecule has 3 N–H and O–H groups in total. The average molecular weight is 363 g/mol. The van der Waals surface area contributed by atoms with E-state index in [2.05, 4.69) is 20.3 Å². The van der Waals surface area contributed by atoms with Crippen LogP contribution in [0.3, 0.4) is 0 Å². The lowest BCUT2D eigenvalue weighted by atomic mass is 9.94. The molecule has 2 aliphatic rings. The predicted octanol–water partition coefficient (Wildman–Crippen LogP) is 1.57. The van der Waals surface area contributed by atoms with Crippen LogP contribution in [0.15, 0.2) is 27.5 Å². The van der Waals surface area contributed by atoms with Crippen molar-refractivity contribution < 1.29 is 12.8 Å². The number of nitrogens with zero attached hydrogens (tertiary/aromatic N) is 1. The van der Waals surface area contributed by atoms with Crippen LogP contribution in [0.5, 0.6) is 0 Å². The molecule has 2 aliphatic heterocycles. The van der Waals surface area contributed by atoms with Gasteiger partial charge in [0.05, 0.1) is 12.2 Å². The first kappa shape index (κ1) is 18.0. The Morgan fingerprint density at radius 2 is 2.04 bits per heavy atom. The van der Waals surface area contributed by atoms with Gasteiger partial charge in [0.2, 0.25) is 5.96 Å². The zero-order valence-corrected chi connectivity index (χ0v) is 14.4. The van der Waals surface area contributed by atoms with E-state index in [4.69, 9.17) is 0 Å². The van der Waals surface area contributed by atoms with Crippen molar-refractivity contribution in [3.8, 4) is 0 Å². The molecule has 1 aromatic rings. The third kappa shape index (κ3) is 3.94. The van der Waals surface area contributed by atoms with Gasteiger partial charge in [0.15, 0.2) is 0 Å². The zero-order chi connectivity index (χ0) is 15.8. The molecule has 9 heteroatoms. The van der Waals surface area contributed by atoms with E-state index >= 15 is 0 Å². The number of alkyl halides is 1. The molecular formula is C14H20ClFN4O2S. The van der Waals surface area contributed by atoms with E-state index in [-0.39, 0.29) is 29.8 Å². The van der Waals surface area contributed by atoms with Crippen LogP contribution in [0, 0.1) is 6.92 Å². The number of fused-ring (bicyclic) bond motifs is 1. The molecule has 0 aromatic heterocycles. The number of halogens is 2. The Bertz CT molecular complexity index is 717. The van der Waals surface area contributed by atoms with Gasteiger partial charge in [-0.1, -0.05) is 6.07 Å². The van der Waals surface area contributed by atoms with Crippen molar-refractivity contribution in [3.63, 3.8) is 0 Å². The maximum Gasteiger partial charge on any atom is 0.287 e. The summed E-state index contributed by atoms with van der Waals surface area (Å²) in [6, 6.07) is 5.07. The van der Waals surface area contributed by atoms with Gasteiger partial charge in [-0.05, 0) is 50.6 Å². The number of nitrogens with one attached hydrogen (secondary N) is 3. The zero-order valence-electron chi connectivity index (χ0n) is 12.7. The summed E-state index contributed by atoms with van der Waals surface area (Å²) in [5, 5.41) is 8.81. The molecule has 23 heavy (non-hydrogen) atoms. The normalized spacial score (nSPS) is 21.2. The number of aryl methyl sites for hydroxylation is 1. The molecule has 128 valence electrons. The van der Waals surface area contributed by atoms with E-state index in [9.17, 15) is 12.8 Å². The second-order valence-electron chi connectivity index (χ2n) is 5.79. The highest BCUT2D eigenvalue weighted by atomic mass is 35.5. The van der Waals surface area contributed by atoms with Crippen LogP contribution in [-0.2, 0) is 10.0 Å². The predicted molar refractivity (Wildman–Crippen MR) is 90.6 cm³/mol. The van der Waals surface area contributed by atoms with E-state index < -0.39 is 15.7 Å². The molecule has 0 spiro atoms. The van der Waals surface area contributed by atoms with Crippen molar-refractivity contribution in [2.45, 2.75) is 30.3 Å². The summed E-state index contributed by atoms with van der Waals surface area (Å²) in [6.45, 7) is 3.10. The second-order valence-corrected chi connectivity index (χ2v) is 7.37. The molecule has 0 saturated carbocycles. The van der Waals surface area contributed by atoms with Crippen molar-refractivity contribution in [3.05, 3.63) is 23.8 Å². The highest BCUT2D eigenvalue weighted by Crippen LogP contribution is 2.28. The van der Waals surface area contributed by atoms with Gasteiger partial charge in [-0.25, -0.2) is 4.39 Å². The van der Waals surface area contributed by atoms with E-state index in [1.54, 1.807) is 12.1 Å². The molecular weight excluding hydrogens is 343 g/mol. The Hall–Kier alpha value is -1.38. The molecule has 1 saturated heterocycles. The third-order valence-corrected chi connectivity index (χ3v) is 5.27. The smallest absolute Gasteiger partial charge is 0.287 e. The Morgan fingerprint density at radius 3 is 2.74 bits per heavy atom. The average Bonchev–Trinajstić information content (AvgIpc) is 2.46. The Balaban J connectivity index is 0.00000192. The van der Waals surface area contributed by atoms with Gasteiger partial charge in [-0.15, -0.1) is 16.8 Å². The first-order valence-corrected chi connectivity index (χ1v) is 8.68. The minimum absolute atomic E-state index is 0. The first-order chi connectivity index (χ1) is 10.4. The van der Waals surface area contributed by atoms with Crippen molar-refractivity contribution in [2.24, 2.45) is 4.40 Å². The van der Waals surface area contributed by atoms with Gasteiger partial charge in [0.25, 0.3) is 10.0 Å². The summed E-state index contributed by atoms with van der Waals surface area (Å²) in [6.07, 6.45) is 0.797. The summed E-state index contributed by atoms with van der Waals surface area (Å²) in [5.41, 5.74) is -0.0401. The van der Waals surface area contributed by atoms with E-state index in [0.717, 1.165) is 5.56 Å². The van der Waals surface area contributed by atoms with Crippen molar-refractivity contribution in [2.75, 3.05) is 25.0 Å². The van der Waals surface area contributed by atoms with Gasteiger partial charge >= 0.3 is 0 Å². The van der Waals surface area contributed by atoms with Crippen LogP contribution in [-0.4, -0.2) is 39.7 Å². The highest BCUT2D eigenvalue weighted by molar-refractivity contribution is 7.90. The second kappa shape index (κ2) is 6.62. The number of rotatable bonds is 2. The van der Waals surface area contributed by atoms with E-state index in [0.29, 0.717) is 31.6 Å². The lowest BCUT2D eigenvalue weighted by molar-refractivity contribution is 0.120. The Labute approximate surface area is 141 Å². The molecule has 0 aliphatic carbocycles. The number of piperidine rings is 1. The Morgan fingerprint density at radius 1 is 1.35 bits per heavy atom. The topological polar surface area (TPSA) is 82.6 Å². The molecule has 0 atom stereocenters. The standard InChI is InChI=1S/C14H19FN4O2S.ClH/c1-10-2-3-11-12(8-10)22(20,21)19-13(18-11)17-9-14(15)4-6-16-7-5-14;/h2-3,8,16H,4-7,9H2,1H3,(H2,17,18,19);1H. The minimum Gasteiger partial charge on any atom is -0.352 e. The Kier molecular flexibility index (Phi) is 5.17. The number of sulfonamides is 1. The summed E-state index contributed by atoms with van der Waals surface area (Å²) in [7, 11) is -3.76. The monoisotopic (exact) mass is 362 g/mol. The maximum atomic E-state index is 14.5. The molecule has 1 aromatic carbocycles. The fourth-order valence-electron chi connectivity index (χ4n) is 2.64. The number of hydrogen-bond acceptors (Lipinski definition) is 5. The molecule has 0 unspecified atom stereocenters. The fourth-order valence-corrected chi connectivity index (χ4v) is 3.82. The van der Waals surface area contributed by atoms with Gasteiger partial charge in [-0.3, -0.25) is 0 Å². The summed E-state index contributed by atoms with van der Waals surface area (Å²) >= 11 is 0. The molecule has 0 radical (unpaired) electrons. The van der Waals surface area contributed by atoms with Gasteiger partial charge < -0.3 is 16.0 Å². The van der Waals surface area contributed by atoms with Gasteiger partial charge in [0, 0.05) is 0 Å². The summed E-state index contributed by atoms with van der Waals surface area (Å²) < 4.78 is 42.6. The fraction of sp³-hybridized carbons (Fsp3) is 0.500. The van der Waals surface area contributed by atoms with Crippen LogP contribution in [0.2, 0.25) is 0 Å². The minimum atomic E-state index is -3.76. The third-order valence-electron chi connectivity index (χ3n) is 3.95. The molecule has 0 amide bonds. The molecule has 3 rings (SSSR count). The van der Waals surface area contributed by atoms with Crippen molar-refractivity contribution in [1.29, 1.82) is 0 Å². The summed E-state index contributed by atoms with van der Waals surface area (Å²) in [5.74, 6) is 0.0758. The summed E-state index contributed by atoms with van der Waals surface area (Å²) in [4.78, 5) is 0.148. The molecule has 2 heterocycles. The largest absolute Gasteiger partial charge is 0.352 e. The van der Waals surface area contributed by atoms with E-state index in [1.165, 1.54) is 0 Å². The number of hydrogen-bond donors (Lipinski definition) is 3. The van der Waals surface area contributed by atoms with Crippen molar-refractivity contribution in [1.82, 2.24) is 10.6 Å². The number of anilines is 1.